The largest absolute Gasteiger partial charge is 0.425 e. The lowest BCUT2D eigenvalue weighted by Gasteiger charge is -2.13. The number of nitrogens with zero attached hydrogens (tertiary/aromatic N) is 1. The van der Waals surface area contributed by atoms with Gasteiger partial charge in [-0.15, -0.1) is 0 Å². The Morgan fingerprint density at radius 3 is 2.60 bits per heavy atom. The lowest BCUT2D eigenvalue weighted by Crippen LogP contribution is -2.08. The van der Waals surface area contributed by atoms with E-state index < -0.39 is 0 Å². The Hall–Kier alpha value is -2.10. The van der Waals surface area contributed by atoms with Crippen LogP contribution < -0.4 is 11.3 Å². The first kappa shape index (κ1) is 14.3. The first-order valence-electron chi connectivity index (χ1n) is 6.95. The summed E-state index contributed by atoms with van der Waals surface area (Å²) in [4.78, 5) is 15.1. The van der Waals surface area contributed by atoms with E-state index in [0.717, 1.165) is 24.8 Å². The SMILES string of the molecule is CCCc1c(C)cc(CC)cc1-c1cc(=O)nc(N)o1. The number of rotatable bonds is 4. The molecule has 0 fully saturated rings. The predicted molar refractivity (Wildman–Crippen MR) is 80.7 cm³/mol. The fourth-order valence-electron chi connectivity index (χ4n) is 2.45. The maximum absolute atomic E-state index is 11.5. The Kier molecular flexibility index (Phi) is 4.23. The minimum absolute atomic E-state index is 0.0884. The van der Waals surface area contributed by atoms with Gasteiger partial charge in [0.25, 0.3) is 11.6 Å². The van der Waals surface area contributed by atoms with Crippen molar-refractivity contribution in [2.75, 3.05) is 5.73 Å². The number of nitrogen functional groups attached to an aromatic ring is 1. The highest BCUT2D eigenvalue weighted by Gasteiger charge is 2.13. The molecular weight excluding hydrogens is 252 g/mol. The molecular formula is C16H20N2O2. The van der Waals surface area contributed by atoms with Crippen LogP contribution in [0.5, 0.6) is 0 Å². The zero-order chi connectivity index (χ0) is 14.7. The van der Waals surface area contributed by atoms with Crippen LogP contribution >= 0.6 is 0 Å². The van der Waals surface area contributed by atoms with Crippen molar-refractivity contribution in [1.82, 2.24) is 4.98 Å². The van der Waals surface area contributed by atoms with E-state index in [0.29, 0.717) is 5.76 Å². The van der Waals surface area contributed by atoms with Crippen LogP contribution in [0.1, 0.15) is 37.0 Å². The van der Waals surface area contributed by atoms with E-state index in [1.54, 1.807) is 0 Å². The van der Waals surface area contributed by atoms with Gasteiger partial charge in [-0.1, -0.05) is 26.3 Å². The maximum atomic E-state index is 11.5. The molecule has 0 unspecified atom stereocenters. The molecule has 0 aliphatic heterocycles. The number of aromatic nitrogens is 1. The molecule has 0 spiro atoms. The van der Waals surface area contributed by atoms with Gasteiger partial charge in [-0.25, -0.2) is 0 Å². The Morgan fingerprint density at radius 2 is 2.00 bits per heavy atom. The number of aryl methyl sites for hydroxylation is 2. The average molecular weight is 272 g/mol. The highest BCUT2D eigenvalue weighted by atomic mass is 16.4. The number of benzene rings is 1. The highest BCUT2D eigenvalue weighted by Crippen LogP contribution is 2.29. The molecule has 0 aliphatic carbocycles. The van der Waals surface area contributed by atoms with Crippen LogP contribution in [-0.4, -0.2) is 4.98 Å². The average Bonchev–Trinajstić information content (AvgIpc) is 2.39. The Balaban J connectivity index is 2.69. The first-order valence-corrected chi connectivity index (χ1v) is 6.95. The molecule has 1 aromatic carbocycles. The zero-order valence-corrected chi connectivity index (χ0v) is 12.2. The third-order valence-electron chi connectivity index (χ3n) is 3.40. The first-order chi connectivity index (χ1) is 9.55. The van der Waals surface area contributed by atoms with Crippen LogP contribution in [0.15, 0.2) is 27.4 Å². The van der Waals surface area contributed by atoms with Gasteiger partial charge < -0.3 is 10.2 Å². The topological polar surface area (TPSA) is 69.1 Å². The molecule has 4 heteroatoms. The van der Waals surface area contributed by atoms with Crippen molar-refractivity contribution in [3.8, 4) is 11.3 Å². The van der Waals surface area contributed by atoms with Gasteiger partial charge in [-0.3, -0.25) is 4.79 Å². The predicted octanol–water partition coefficient (Wildman–Crippen LogP) is 3.11. The van der Waals surface area contributed by atoms with Gasteiger partial charge in [0.15, 0.2) is 0 Å². The lowest BCUT2D eigenvalue weighted by atomic mass is 9.93. The molecule has 0 bridgehead atoms. The molecule has 2 aromatic rings. The summed E-state index contributed by atoms with van der Waals surface area (Å²) < 4.78 is 5.45. The molecule has 0 saturated heterocycles. The summed E-state index contributed by atoms with van der Waals surface area (Å²) in [6.45, 7) is 6.33. The standard InChI is InChI=1S/C16H20N2O2/c1-4-6-12-10(3)7-11(5-2)8-13(12)14-9-15(19)18-16(17)20-14/h7-9H,4-6H2,1-3H3,(H2,17,18,19). The van der Waals surface area contributed by atoms with Crippen molar-refractivity contribution < 1.29 is 4.42 Å². The van der Waals surface area contributed by atoms with Crippen LogP contribution in [0.4, 0.5) is 6.01 Å². The summed E-state index contributed by atoms with van der Waals surface area (Å²) in [5.41, 5.74) is 9.78. The molecule has 2 N–H and O–H groups in total. The summed E-state index contributed by atoms with van der Waals surface area (Å²) in [6, 6.07) is 5.59. The molecule has 4 nitrogen and oxygen atoms in total. The van der Waals surface area contributed by atoms with E-state index in [1.807, 2.05) is 0 Å². The van der Waals surface area contributed by atoms with E-state index in [-0.39, 0.29) is 11.6 Å². The lowest BCUT2D eigenvalue weighted by molar-refractivity contribution is 0.563. The third-order valence-corrected chi connectivity index (χ3v) is 3.40. The summed E-state index contributed by atoms with van der Waals surface area (Å²) in [7, 11) is 0. The monoisotopic (exact) mass is 272 g/mol. The number of hydrogen-bond donors (Lipinski definition) is 1. The fraction of sp³-hybridized carbons (Fsp3) is 0.375. The van der Waals surface area contributed by atoms with E-state index in [1.165, 1.54) is 22.8 Å². The minimum atomic E-state index is -0.370. The van der Waals surface area contributed by atoms with Crippen LogP contribution in [0, 0.1) is 6.92 Å². The van der Waals surface area contributed by atoms with Gasteiger partial charge in [0.1, 0.15) is 5.76 Å². The van der Waals surface area contributed by atoms with E-state index in [4.69, 9.17) is 10.2 Å². The molecule has 0 saturated carbocycles. The van der Waals surface area contributed by atoms with E-state index >= 15 is 0 Å². The smallest absolute Gasteiger partial charge is 0.295 e. The summed E-state index contributed by atoms with van der Waals surface area (Å²) in [5, 5.41) is 0. The second-order valence-corrected chi connectivity index (χ2v) is 4.94. The van der Waals surface area contributed by atoms with Gasteiger partial charge in [-0.2, -0.15) is 4.98 Å². The Bertz CT molecular complexity index is 675. The van der Waals surface area contributed by atoms with Gasteiger partial charge in [-0.05, 0) is 42.5 Å². The molecule has 0 atom stereocenters. The van der Waals surface area contributed by atoms with Crippen molar-refractivity contribution in [2.24, 2.45) is 0 Å². The second kappa shape index (κ2) is 5.90. The quantitative estimate of drug-likeness (QED) is 0.928. The summed E-state index contributed by atoms with van der Waals surface area (Å²) in [6.07, 6.45) is 2.91. The number of anilines is 1. The molecule has 0 amide bonds. The van der Waals surface area contributed by atoms with Gasteiger partial charge >= 0.3 is 0 Å². The third kappa shape index (κ3) is 2.90. The molecule has 106 valence electrons. The Morgan fingerprint density at radius 1 is 1.25 bits per heavy atom. The number of hydrogen-bond acceptors (Lipinski definition) is 4. The van der Waals surface area contributed by atoms with Gasteiger partial charge in [0, 0.05) is 11.6 Å². The Labute approximate surface area is 118 Å². The van der Waals surface area contributed by atoms with Crippen molar-refractivity contribution in [3.63, 3.8) is 0 Å². The van der Waals surface area contributed by atoms with Crippen LogP contribution in [0.25, 0.3) is 11.3 Å². The van der Waals surface area contributed by atoms with E-state index in [2.05, 4.69) is 37.9 Å². The molecule has 1 heterocycles. The number of nitrogens with two attached hydrogens (primary N) is 1. The van der Waals surface area contributed by atoms with Crippen molar-refractivity contribution >= 4 is 6.01 Å². The van der Waals surface area contributed by atoms with Crippen LogP contribution in [-0.2, 0) is 12.8 Å². The molecule has 1 aromatic heterocycles. The highest BCUT2D eigenvalue weighted by molar-refractivity contribution is 5.65. The molecule has 0 aliphatic rings. The summed E-state index contributed by atoms with van der Waals surface area (Å²) in [5.74, 6) is 0.504. The summed E-state index contributed by atoms with van der Waals surface area (Å²) >= 11 is 0. The molecule has 0 radical (unpaired) electrons. The van der Waals surface area contributed by atoms with Crippen LogP contribution in [0.3, 0.4) is 0 Å². The fourth-order valence-corrected chi connectivity index (χ4v) is 2.45. The normalized spacial score (nSPS) is 10.8. The van der Waals surface area contributed by atoms with Gasteiger partial charge in [0.05, 0.1) is 0 Å². The van der Waals surface area contributed by atoms with Crippen molar-refractivity contribution in [3.05, 3.63) is 45.2 Å². The van der Waals surface area contributed by atoms with Crippen molar-refractivity contribution in [2.45, 2.75) is 40.0 Å². The zero-order valence-electron chi connectivity index (χ0n) is 12.2. The second-order valence-electron chi connectivity index (χ2n) is 4.94. The van der Waals surface area contributed by atoms with Gasteiger partial charge in [0.2, 0.25) is 0 Å². The molecule has 2 rings (SSSR count). The molecule has 20 heavy (non-hydrogen) atoms. The maximum Gasteiger partial charge on any atom is 0.295 e. The van der Waals surface area contributed by atoms with Crippen LogP contribution in [0.2, 0.25) is 0 Å². The minimum Gasteiger partial charge on any atom is -0.425 e. The van der Waals surface area contributed by atoms with E-state index in [9.17, 15) is 4.79 Å². The van der Waals surface area contributed by atoms with Crippen molar-refractivity contribution in [1.29, 1.82) is 0 Å².